The van der Waals surface area contributed by atoms with Crippen LogP contribution in [0.1, 0.15) is 31.4 Å². The molecule has 0 bridgehead atoms. The number of hydrogen-bond donors (Lipinski definition) is 1. The first-order valence-corrected chi connectivity index (χ1v) is 7.35. The molecule has 1 fully saturated rings. The number of carbonyl (C=O) groups is 1. The van der Waals surface area contributed by atoms with Crippen LogP contribution in [0.3, 0.4) is 0 Å². The summed E-state index contributed by atoms with van der Waals surface area (Å²) in [5.41, 5.74) is 0. The number of nitrogens with zero attached hydrogens (tertiary/aromatic N) is 1. The van der Waals surface area contributed by atoms with Gasteiger partial charge in [-0.25, -0.2) is 0 Å². The van der Waals surface area contributed by atoms with Crippen LogP contribution in [0.2, 0.25) is 0 Å². The summed E-state index contributed by atoms with van der Waals surface area (Å²) in [6, 6.07) is 3.85. The summed E-state index contributed by atoms with van der Waals surface area (Å²) in [4.78, 5) is 13.9. The van der Waals surface area contributed by atoms with E-state index in [2.05, 4.69) is 15.9 Å². The fourth-order valence-corrected chi connectivity index (χ4v) is 2.78. The molecule has 1 aliphatic carbocycles. The molecule has 1 aromatic rings. The zero-order chi connectivity index (χ0) is 13.7. The molecule has 1 aliphatic rings. The van der Waals surface area contributed by atoms with Crippen molar-refractivity contribution >= 4 is 27.9 Å². The Morgan fingerprint density at radius 3 is 2.79 bits per heavy atom. The minimum atomic E-state index is -0.0616. The highest BCUT2D eigenvalue weighted by Crippen LogP contribution is 2.23. The Morgan fingerprint density at radius 1 is 1.47 bits per heavy atom. The van der Waals surface area contributed by atoms with Crippen molar-refractivity contribution in [2.24, 2.45) is 0 Å². The van der Waals surface area contributed by atoms with E-state index in [9.17, 15) is 4.79 Å². The van der Waals surface area contributed by atoms with Crippen LogP contribution in [-0.2, 0) is 4.79 Å². The summed E-state index contributed by atoms with van der Waals surface area (Å²) in [5, 5.41) is 9.09. The molecule has 0 aromatic carbocycles. The van der Waals surface area contributed by atoms with Gasteiger partial charge in [0.25, 0.3) is 0 Å². The van der Waals surface area contributed by atoms with E-state index >= 15 is 0 Å². The Kier molecular flexibility index (Phi) is 5.22. The average Bonchev–Trinajstić information content (AvgIpc) is 3.04. The summed E-state index contributed by atoms with van der Waals surface area (Å²) < 4.78 is 5.95. The molecule has 0 radical (unpaired) electrons. The summed E-state index contributed by atoms with van der Waals surface area (Å²) in [6.45, 7) is 0.401. The van der Waals surface area contributed by atoms with Crippen LogP contribution in [0.5, 0.6) is 0 Å². The molecule has 1 amide bonds. The van der Waals surface area contributed by atoms with E-state index in [1.807, 2.05) is 0 Å². The number of hydrogen-bond acceptors (Lipinski definition) is 3. The van der Waals surface area contributed by atoms with Gasteiger partial charge in [0.05, 0.1) is 6.61 Å². The van der Waals surface area contributed by atoms with Crippen LogP contribution in [0.15, 0.2) is 27.3 Å². The van der Waals surface area contributed by atoms with Crippen molar-refractivity contribution < 1.29 is 14.3 Å². The standard InChI is InChI=1S/C14H18BrNO3/c15-13-7-5-12(19-13)6-8-14(18)16(9-10-17)11-3-1-2-4-11/h5-8,11,17H,1-4,9-10H2/b8-6+. The lowest BCUT2D eigenvalue weighted by Crippen LogP contribution is -2.39. The van der Waals surface area contributed by atoms with E-state index < -0.39 is 0 Å². The van der Waals surface area contributed by atoms with E-state index in [0.717, 1.165) is 25.7 Å². The van der Waals surface area contributed by atoms with Crippen molar-refractivity contribution in [2.75, 3.05) is 13.2 Å². The second-order valence-corrected chi connectivity index (χ2v) is 5.45. The van der Waals surface area contributed by atoms with Gasteiger partial charge in [0, 0.05) is 18.7 Å². The molecule has 1 saturated carbocycles. The second kappa shape index (κ2) is 6.91. The first kappa shape index (κ1) is 14.3. The average molecular weight is 328 g/mol. The molecule has 0 unspecified atom stereocenters. The highest BCUT2D eigenvalue weighted by Gasteiger charge is 2.24. The Hall–Kier alpha value is -1.07. The summed E-state index contributed by atoms with van der Waals surface area (Å²) >= 11 is 3.22. The second-order valence-electron chi connectivity index (χ2n) is 4.67. The molecular weight excluding hydrogens is 310 g/mol. The van der Waals surface area contributed by atoms with Gasteiger partial charge in [0.15, 0.2) is 4.67 Å². The van der Waals surface area contributed by atoms with Gasteiger partial charge in [-0.3, -0.25) is 4.79 Å². The third kappa shape index (κ3) is 3.94. The maximum Gasteiger partial charge on any atom is 0.247 e. The van der Waals surface area contributed by atoms with Gasteiger partial charge in [-0.1, -0.05) is 12.8 Å². The van der Waals surface area contributed by atoms with Gasteiger partial charge in [0.1, 0.15) is 5.76 Å². The topological polar surface area (TPSA) is 53.7 Å². The third-order valence-corrected chi connectivity index (χ3v) is 3.80. The van der Waals surface area contributed by atoms with Gasteiger partial charge in [-0.05, 0) is 47.0 Å². The Balaban J connectivity index is 2.00. The first-order valence-electron chi connectivity index (χ1n) is 6.55. The predicted octanol–water partition coefficient (Wildman–Crippen LogP) is 2.82. The molecular formula is C14H18BrNO3. The number of furan rings is 1. The lowest BCUT2D eigenvalue weighted by Gasteiger charge is -2.27. The van der Waals surface area contributed by atoms with Crippen LogP contribution >= 0.6 is 15.9 Å². The molecule has 5 heteroatoms. The third-order valence-electron chi connectivity index (χ3n) is 3.37. The number of amides is 1. The van der Waals surface area contributed by atoms with Crippen molar-refractivity contribution in [3.8, 4) is 0 Å². The van der Waals surface area contributed by atoms with Crippen molar-refractivity contribution in [2.45, 2.75) is 31.7 Å². The fourth-order valence-electron chi connectivity index (χ4n) is 2.46. The van der Waals surface area contributed by atoms with E-state index in [-0.39, 0.29) is 18.6 Å². The molecule has 0 saturated heterocycles. The lowest BCUT2D eigenvalue weighted by atomic mass is 10.2. The largest absolute Gasteiger partial charge is 0.450 e. The van der Waals surface area contributed by atoms with Crippen LogP contribution in [0, 0.1) is 0 Å². The van der Waals surface area contributed by atoms with Crippen molar-refractivity contribution in [3.05, 3.63) is 28.6 Å². The lowest BCUT2D eigenvalue weighted by molar-refractivity contribution is -0.128. The van der Waals surface area contributed by atoms with E-state index in [1.54, 1.807) is 23.1 Å². The number of halogens is 1. The minimum Gasteiger partial charge on any atom is -0.450 e. The monoisotopic (exact) mass is 327 g/mol. The van der Waals surface area contributed by atoms with E-state index in [4.69, 9.17) is 9.52 Å². The van der Waals surface area contributed by atoms with Crippen molar-refractivity contribution in [3.63, 3.8) is 0 Å². The molecule has 2 rings (SSSR count). The smallest absolute Gasteiger partial charge is 0.247 e. The fraction of sp³-hybridized carbons (Fsp3) is 0.500. The van der Waals surface area contributed by atoms with Crippen molar-refractivity contribution in [1.29, 1.82) is 0 Å². The molecule has 0 atom stereocenters. The SMILES string of the molecule is O=C(/C=C/c1ccc(Br)o1)N(CCO)C1CCCC1. The highest BCUT2D eigenvalue weighted by atomic mass is 79.9. The molecule has 19 heavy (non-hydrogen) atoms. The van der Waals surface area contributed by atoms with Gasteiger partial charge < -0.3 is 14.4 Å². The number of aliphatic hydroxyl groups is 1. The van der Waals surface area contributed by atoms with Gasteiger partial charge in [-0.2, -0.15) is 0 Å². The summed E-state index contributed by atoms with van der Waals surface area (Å²) in [6.07, 6.45) is 7.56. The van der Waals surface area contributed by atoms with E-state index in [1.165, 1.54) is 6.08 Å². The summed E-state index contributed by atoms with van der Waals surface area (Å²) in [5.74, 6) is 0.573. The maximum atomic E-state index is 12.2. The van der Waals surface area contributed by atoms with Gasteiger partial charge >= 0.3 is 0 Å². The molecule has 0 aliphatic heterocycles. The molecule has 4 nitrogen and oxygen atoms in total. The Morgan fingerprint density at radius 2 is 2.21 bits per heavy atom. The number of aliphatic hydroxyl groups excluding tert-OH is 1. The zero-order valence-corrected chi connectivity index (χ0v) is 12.3. The highest BCUT2D eigenvalue weighted by molar-refractivity contribution is 9.10. The van der Waals surface area contributed by atoms with Crippen LogP contribution in [0.25, 0.3) is 6.08 Å². The maximum absolute atomic E-state index is 12.2. The van der Waals surface area contributed by atoms with Crippen molar-refractivity contribution in [1.82, 2.24) is 4.90 Å². The van der Waals surface area contributed by atoms with Gasteiger partial charge in [-0.15, -0.1) is 0 Å². The quantitative estimate of drug-likeness (QED) is 0.846. The van der Waals surface area contributed by atoms with Crippen LogP contribution in [0.4, 0.5) is 0 Å². The van der Waals surface area contributed by atoms with Crippen LogP contribution in [-0.4, -0.2) is 35.1 Å². The first-order chi connectivity index (χ1) is 9.20. The molecule has 1 N–H and O–H groups in total. The van der Waals surface area contributed by atoms with E-state index in [0.29, 0.717) is 17.0 Å². The molecule has 1 aromatic heterocycles. The molecule has 104 valence electrons. The number of carbonyl (C=O) groups excluding carboxylic acids is 1. The normalized spacial score (nSPS) is 16.3. The number of rotatable bonds is 5. The zero-order valence-electron chi connectivity index (χ0n) is 10.7. The predicted molar refractivity (Wildman–Crippen MR) is 76.5 cm³/mol. The Labute approximate surface area is 121 Å². The summed E-state index contributed by atoms with van der Waals surface area (Å²) in [7, 11) is 0. The molecule has 0 spiro atoms. The minimum absolute atomic E-state index is 0.00236. The Bertz CT molecular complexity index is 449. The van der Waals surface area contributed by atoms with Gasteiger partial charge in [0.2, 0.25) is 5.91 Å². The van der Waals surface area contributed by atoms with Crippen LogP contribution < -0.4 is 0 Å². The molecule has 1 heterocycles.